The lowest BCUT2D eigenvalue weighted by Crippen LogP contribution is -2.40. The van der Waals surface area contributed by atoms with Gasteiger partial charge >= 0.3 is 0 Å². The summed E-state index contributed by atoms with van der Waals surface area (Å²) in [6.07, 6.45) is 2.07. The van der Waals surface area contributed by atoms with E-state index in [1.54, 1.807) is 24.3 Å². The molecule has 0 radical (unpaired) electrons. The van der Waals surface area contributed by atoms with Crippen molar-refractivity contribution in [3.05, 3.63) is 63.9 Å². The fourth-order valence-corrected chi connectivity index (χ4v) is 3.29. The minimum Gasteiger partial charge on any atom is -0.384 e. The molecule has 112 valence electrons. The van der Waals surface area contributed by atoms with Crippen LogP contribution in [0.25, 0.3) is 0 Å². The first-order valence-corrected chi connectivity index (χ1v) is 7.55. The summed E-state index contributed by atoms with van der Waals surface area (Å²) in [6.45, 7) is 0. The number of rotatable bonds is 2. The molecule has 1 fully saturated rings. The van der Waals surface area contributed by atoms with Crippen LogP contribution in [0.3, 0.4) is 0 Å². The number of benzene rings is 2. The number of amidine groups is 1. The molecule has 0 saturated heterocycles. The van der Waals surface area contributed by atoms with Crippen LogP contribution in [0.1, 0.15) is 35.4 Å². The molecule has 0 spiro atoms. The summed E-state index contributed by atoms with van der Waals surface area (Å²) < 4.78 is 13.8. The summed E-state index contributed by atoms with van der Waals surface area (Å²) in [4.78, 5) is 4.24. The summed E-state index contributed by atoms with van der Waals surface area (Å²) >= 11 is 6.05. The molecule has 2 aliphatic rings. The molecule has 1 atom stereocenters. The number of aliphatic imine (C=N–C) groups is 1. The van der Waals surface area contributed by atoms with Crippen molar-refractivity contribution in [3.8, 4) is 0 Å². The van der Waals surface area contributed by atoms with Crippen LogP contribution in [0.4, 0.5) is 10.1 Å². The molecule has 1 saturated carbocycles. The fraction of sp³-hybridized carbons (Fsp3) is 0.235. The van der Waals surface area contributed by atoms with Gasteiger partial charge in [0.15, 0.2) is 5.60 Å². The molecule has 1 aliphatic heterocycles. The van der Waals surface area contributed by atoms with Gasteiger partial charge in [0.2, 0.25) is 0 Å². The van der Waals surface area contributed by atoms with Crippen molar-refractivity contribution in [3.63, 3.8) is 0 Å². The Hall–Kier alpha value is -1.91. The Balaban J connectivity index is 1.98. The number of halogens is 2. The molecule has 1 aliphatic carbocycles. The Morgan fingerprint density at radius 2 is 1.95 bits per heavy atom. The molecule has 2 aromatic carbocycles. The second-order valence-electron chi connectivity index (χ2n) is 5.87. The molecular formula is C17H14ClFN2O. The van der Waals surface area contributed by atoms with Gasteiger partial charge in [0.1, 0.15) is 11.7 Å². The summed E-state index contributed by atoms with van der Waals surface area (Å²) in [5, 5.41) is 11.8. The normalized spacial score (nSPS) is 23.3. The number of nitrogens with zero attached hydrogens (tertiary/aromatic N) is 1. The average molecular weight is 317 g/mol. The van der Waals surface area contributed by atoms with Crippen LogP contribution in [0, 0.1) is 5.82 Å². The van der Waals surface area contributed by atoms with Crippen LogP contribution >= 0.6 is 11.6 Å². The van der Waals surface area contributed by atoms with Crippen LogP contribution in [-0.4, -0.2) is 10.9 Å². The van der Waals surface area contributed by atoms with Gasteiger partial charge < -0.3 is 10.8 Å². The van der Waals surface area contributed by atoms with Gasteiger partial charge in [-0.15, -0.1) is 0 Å². The third-order valence-corrected chi connectivity index (χ3v) is 4.62. The number of fused-ring (bicyclic) bond motifs is 1. The fourth-order valence-electron chi connectivity index (χ4n) is 3.12. The van der Waals surface area contributed by atoms with E-state index in [4.69, 9.17) is 17.3 Å². The molecule has 22 heavy (non-hydrogen) atoms. The lowest BCUT2D eigenvalue weighted by Gasteiger charge is -2.27. The second-order valence-corrected chi connectivity index (χ2v) is 6.31. The van der Waals surface area contributed by atoms with E-state index < -0.39 is 11.4 Å². The molecule has 0 aromatic heterocycles. The Labute approximate surface area is 132 Å². The van der Waals surface area contributed by atoms with E-state index in [9.17, 15) is 9.50 Å². The van der Waals surface area contributed by atoms with Crippen molar-refractivity contribution in [1.82, 2.24) is 0 Å². The highest BCUT2D eigenvalue weighted by Crippen LogP contribution is 2.49. The van der Waals surface area contributed by atoms with Gasteiger partial charge in [-0.25, -0.2) is 9.38 Å². The van der Waals surface area contributed by atoms with Crippen molar-refractivity contribution in [1.29, 1.82) is 0 Å². The molecular weight excluding hydrogens is 303 g/mol. The summed E-state index contributed by atoms with van der Waals surface area (Å²) in [6, 6.07) is 9.54. The highest BCUT2D eigenvalue weighted by Gasteiger charge is 2.45. The zero-order valence-corrected chi connectivity index (χ0v) is 12.4. The largest absolute Gasteiger partial charge is 0.384 e. The van der Waals surface area contributed by atoms with E-state index >= 15 is 0 Å². The molecule has 0 bridgehead atoms. The predicted molar refractivity (Wildman–Crippen MR) is 84.1 cm³/mol. The Bertz CT molecular complexity index is 816. The smallest absolute Gasteiger partial charge is 0.174 e. The standard InChI is InChI=1S/C17H14ClFN2O/c18-10-3-6-15-14(7-10)17(22,16(20)21-15)13-8-11(19)4-5-12(13)9-1-2-9/h3-9,22H,1-2H2,(H2,20,21). The third kappa shape index (κ3) is 1.87. The van der Waals surface area contributed by atoms with Crippen molar-refractivity contribution in [2.75, 3.05) is 0 Å². The molecule has 0 amide bonds. The van der Waals surface area contributed by atoms with E-state index in [0.717, 1.165) is 18.4 Å². The maximum atomic E-state index is 13.8. The summed E-state index contributed by atoms with van der Waals surface area (Å²) in [5.41, 5.74) is 6.86. The van der Waals surface area contributed by atoms with Gasteiger partial charge in [0, 0.05) is 16.1 Å². The molecule has 3 nitrogen and oxygen atoms in total. The number of nitrogens with two attached hydrogens (primary N) is 1. The Kier molecular flexibility index (Phi) is 2.83. The van der Waals surface area contributed by atoms with Crippen LogP contribution in [0.2, 0.25) is 5.02 Å². The Morgan fingerprint density at radius 1 is 1.18 bits per heavy atom. The van der Waals surface area contributed by atoms with Crippen LogP contribution < -0.4 is 5.73 Å². The van der Waals surface area contributed by atoms with Gasteiger partial charge in [-0.1, -0.05) is 17.7 Å². The topological polar surface area (TPSA) is 58.6 Å². The number of aliphatic hydroxyl groups is 1. The van der Waals surface area contributed by atoms with Crippen LogP contribution in [0.5, 0.6) is 0 Å². The zero-order valence-electron chi connectivity index (χ0n) is 11.7. The van der Waals surface area contributed by atoms with E-state index in [1.165, 1.54) is 12.1 Å². The van der Waals surface area contributed by atoms with Crippen molar-refractivity contribution < 1.29 is 9.50 Å². The third-order valence-electron chi connectivity index (χ3n) is 4.38. The maximum Gasteiger partial charge on any atom is 0.174 e. The molecule has 5 heteroatoms. The highest BCUT2D eigenvalue weighted by atomic mass is 35.5. The van der Waals surface area contributed by atoms with Gasteiger partial charge in [-0.2, -0.15) is 0 Å². The summed E-state index contributed by atoms with van der Waals surface area (Å²) in [5.74, 6) is -0.0102. The Morgan fingerprint density at radius 3 is 2.68 bits per heavy atom. The minimum atomic E-state index is -1.62. The number of hydrogen-bond acceptors (Lipinski definition) is 3. The molecule has 2 aromatic rings. The first kappa shape index (κ1) is 13.7. The minimum absolute atomic E-state index is 0.0530. The lowest BCUT2D eigenvalue weighted by atomic mass is 9.82. The first-order chi connectivity index (χ1) is 10.5. The van der Waals surface area contributed by atoms with Gasteiger partial charge in [-0.05, 0) is 54.7 Å². The summed E-state index contributed by atoms with van der Waals surface area (Å²) in [7, 11) is 0. The molecule has 1 unspecified atom stereocenters. The van der Waals surface area contributed by atoms with Crippen LogP contribution in [0.15, 0.2) is 41.4 Å². The van der Waals surface area contributed by atoms with Gasteiger partial charge in [0.05, 0.1) is 5.69 Å². The van der Waals surface area contributed by atoms with Gasteiger partial charge in [0.25, 0.3) is 0 Å². The number of hydrogen-bond donors (Lipinski definition) is 2. The van der Waals surface area contributed by atoms with Crippen molar-refractivity contribution in [2.45, 2.75) is 24.4 Å². The van der Waals surface area contributed by atoms with Crippen molar-refractivity contribution in [2.24, 2.45) is 10.7 Å². The molecule has 1 heterocycles. The van der Waals surface area contributed by atoms with E-state index in [0.29, 0.717) is 27.8 Å². The maximum absolute atomic E-state index is 13.8. The highest BCUT2D eigenvalue weighted by molar-refractivity contribution is 6.30. The second kappa shape index (κ2) is 4.54. The SMILES string of the molecule is NC1=Nc2ccc(Cl)cc2C1(O)c1cc(F)ccc1C1CC1. The van der Waals surface area contributed by atoms with E-state index in [2.05, 4.69) is 4.99 Å². The predicted octanol–water partition coefficient (Wildman–Crippen LogP) is 3.59. The van der Waals surface area contributed by atoms with Gasteiger partial charge in [-0.3, -0.25) is 0 Å². The lowest BCUT2D eigenvalue weighted by molar-refractivity contribution is 0.157. The van der Waals surface area contributed by atoms with Crippen LogP contribution in [-0.2, 0) is 5.60 Å². The molecule has 4 rings (SSSR count). The van der Waals surface area contributed by atoms with E-state index in [1.807, 2.05) is 0 Å². The first-order valence-electron chi connectivity index (χ1n) is 7.17. The van der Waals surface area contributed by atoms with E-state index in [-0.39, 0.29) is 5.84 Å². The van der Waals surface area contributed by atoms with Crippen molar-refractivity contribution >= 4 is 23.1 Å². The quantitative estimate of drug-likeness (QED) is 0.889. The zero-order chi connectivity index (χ0) is 15.5. The monoisotopic (exact) mass is 316 g/mol. The molecule has 3 N–H and O–H groups in total. The average Bonchev–Trinajstić information content (AvgIpc) is 3.29.